The van der Waals surface area contributed by atoms with Crippen molar-refractivity contribution in [3.63, 3.8) is 0 Å². The maximum absolute atomic E-state index is 12.2. The Morgan fingerprint density at radius 2 is 2.07 bits per heavy atom. The molecule has 0 saturated carbocycles. The summed E-state index contributed by atoms with van der Waals surface area (Å²) in [5, 5.41) is 0. The van der Waals surface area contributed by atoms with Crippen LogP contribution in [0, 0.1) is 17.3 Å². The van der Waals surface area contributed by atoms with Crippen molar-refractivity contribution in [2.24, 2.45) is 17.3 Å². The Kier molecular flexibility index (Phi) is 3.80. The molecule has 1 aliphatic rings. The lowest BCUT2D eigenvalue weighted by atomic mass is 9.81. The summed E-state index contributed by atoms with van der Waals surface area (Å²) in [7, 11) is 0. The lowest BCUT2D eigenvalue weighted by molar-refractivity contribution is -0.137. The first-order valence-corrected chi connectivity index (χ1v) is 6.15. The summed E-state index contributed by atoms with van der Waals surface area (Å²) in [5.74, 6) is 1.22. The van der Waals surface area contributed by atoms with E-state index in [2.05, 4.69) is 39.5 Å². The molecule has 1 aliphatic heterocycles. The second-order valence-electron chi connectivity index (χ2n) is 5.93. The molecule has 88 valence electrons. The maximum Gasteiger partial charge on any atom is 0.225 e. The minimum absolute atomic E-state index is 0.0847. The van der Waals surface area contributed by atoms with Crippen molar-refractivity contribution in [3.8, 4) is 0 Å². The van der Waals surface area contributed by atoms with Crippen molar-refractivity contribution in [2.45, 2.75) is 47.5 Å². The molecule has 2 unspecified atom stereocenters. The SMILES string of the molecule is CCC1CCN(C(=O)C(C)C(C)(C)C)C1. The molecule has 0 N–H and O–H groups in total. The molecule has 1 amide bonds. The Morgan fingerprint density at radius 3 is 2.47 bits per heavy atom. The zero-order valence-corrected chi connectivity index (χ0v) is 10.8. The smallest absolute Gasteiger partial charge is 0.225 e. The van der Waals surface area contributed by atoms with Crippen LogP contribution in [0.2, 0.25) is 0 Å². The van der Waals surface area contributed by atoms with Gasteiger partial charge in [0.2, 0.25) is 5.91 Å². The average Bonchev–Trinajstić information content (AvgIpc) is 2.62. The summed E-state index contributed by atoms with van der Waals surface area (Å²) in [6, 6.07) is 0. The summed E-state index contributed by atoms with van der Waals surface area (Å²) in [6.45, 7) is 12.6. The van der Waals surface area contributed by atoms with Gasteiger partial charge in [0, 0.05) is 19.0 Å². The summed E-state index contributed by atoms with van der Waals surface area (Å²) >= 11 is 0. The number of hydrogen-bond donors (Lipinski definition) is 0. The van der Waals surface area contributed by atoms with Crippen molar-refractivity contribution < 1.29 is 4.79 Å². The van der Waals surface area contributed by atoms with E-state index in [1.807, 2.05) is 0 Å². The normalized spacial score (nSPS) is 24.3. The van der Waals surface area contributed by atoms with E-state index in [9.17, 15) is 4.79 Å². The van der Waals surface area contributed by atoms with Crippen LogP contribution in [0.25, 0.3) is 0 Å². The highest BCUT2D eigenvalue weighted by molar-refractivity contribution is 5.79. The molecule has 15 heavy (non-hydrogen) atoms. The van der Waals surface area contributed by atoms with E-state index in [4.69, 9.17) is 0 Å². The lowest BCUT2D eigenvalue weighted by Gasteiger charge is -2.30. The molecule has 0 radical (unpaired) electrons. The third-order valence-electron chi connectivity index (χ3n) is 3.84. The Morgan fingerprint density at radius 1 is 1.47 bits per heavy atom. The predicted molar refractivity (Wildman–Crippen MR) is 63.6 cm³/mol. The minimum Gasteiger partial charge on any atom is -0.342 e. The van der Waals surface area contributed by atoms with Crippen LogP contribution in [-0.4, -0.2) is 23.9 Å². The van der Waals surface area contributed by atoms with Gasteiger partial charge in [0.1, 0.15) is 0 Å². The summed E-state index contributed by atoms with van der Waals surface area (Å²) in [4.78, 5) is 14.2. The molecule has 1 heterocycles. The molecule has 1 fully saturated rings. The summed E-state index contributed by atoms with van der Waals surface area (Å²) < 4.78 is 0. The fourth-order valence-electron chi connectivity index (χ4n) is 2.01. The van der Waals surface area contributed by atoms with Crippen LogP contribution in [-0.2, 0) is 4.79 Å². The van der Waals surface area contributed by atoms with Crippen molar-refractivity contribution in [1.82, 2.24) is 4.90 Å². The third kappa shape index (κ3) is 2.96. The van der Waals surface area contributed by atoms with E-state index >= 15 is 0 Å². The van der Waals surface area contributed by atoms with Crippen LogP contribution in [0.4, 0.5) is 0 Å². The van der Waals surface area contributed by atoms with E-state index in [0.29, 0.717) is 5.91 Å². The highest BCUT2D eigenvalue weighted by atomic mass is 16.2. The Bertz CT molecular complexity index is 229. The molecule has 1 rings (SSSR count). The average molecular weight is 211 g/mol. The highest BCUT2D eigenvalue weighted by Gasteiger charge is 2.33. The van der Waals surface area contributed by atoms with Gasteiger partial charge in [0.25, 0.3) is 0 Å². The molecule has 2 heteroatoms. The van der Waals surface area contributed by atoms with Crippen molar-refractivity contribution in [2.75, 3.05) is 13.1 Å². The molecule has 2 atom stereocenters. The van der Waals surface area contributed by atoms with E-state index < -0.39 is 0 Å². The molecule has 0 aliphatic carbocycles. The van der Waals surface area contributed by atoms with Gasteiger partial charge in [-0.2, -0.15) is 0 Å². The van der Waals surface area contributed by atoms with Gasteiger partial charge in [-0.1, -0.05) is 41.0 Å². The third-order valence-corrected chi connectivity index (χ3v) is 3.84. The fourth-order valence-corrected chi connectivity index (χ4v) is 2.01. The predicted octanol–water partition coefficient (Wildman–Crippen LogP) is 2.93. The van der Waals surface area contributed by atoms with Gasteiger partial charge in [0.15, 0.2) is 0 Å². The number of rotatable bonds is 2. The first-order chi connectivity index (χ1) is 6.86. The van der Waals surface area contributed by atoms with E-state index in [0.717, 1.165) is 19.0 Å². The minimum atomic E-state index is 0.0847. The number of carbonyl (C=O) groups excluding carboxylic acids is 1. The number of amides is 1. The van der Waals surface area contributed by atoms with Crippen molar-refractivity contribution >= 4 is 5.91 Å². The Balaban J connectivity index is 2.55. The molecule has 0 aromatic heterocycles. The molecule has 2 nitrogen and oxygen atoms in total. The molecule has 0 bridgehead atoms. The van der Waals surface area contributed by atoms with Gasteiger partial charge in [-0.15, -0.1) is 0 Å². The largest absolute Gasteiger partial charge is 0.342 e. The van der Waals surface area contributed by atoms with Crippen LogP contribution < -0.4 is 0 Å². The van der Waals surface area contributed by atoms with E-state index in [1.165, 1.54) is 12.8 Å². The van der Waals surface area contributed by atoms with Crippen LogP contribution in [0.3, 0.4) is 0 Å². The summed E-state index contributed by atoms with van der Waals surface area (Å²) in [6.07, 6.45) is 2.40. The molecule has 0 aromatic carbocycles. The van der Waals surface area contributed by atoms with Gasteiger partial charge in [-0.05, 0) is 17.8 Å². The van der Waals surface area contributed by atoms with Gasteiger partial charge < -0.3 is 4.90 Å². The molecule has 1 saturated heterocycles. The van der Waals surface area contributed by atoms with Gasteiger partial charge in [-0.3, -0.25) is 4.79 Å². The first kappa shape index (κ1) is 12.5. The maximum atomic E-state index is 12.2. The van der Waals surface area contributed by atoms with Crippen LogP contribution in [0.1, 0.15) is 47.5 Å². The number of nitrogens with zero attached hydrogens (tertiary/aromatic N) is 1. The lowest BCUT2D eigenvalue weighted by Crippen LogP contribution is -2.38. The summed E-state index contributed by atoms with van der Waals surface area (Å²) in [5.41, 5.74) is 0.0847. The highest BCUT2D eigenvalue weighted by Crippen LogP contribution is 2.29. The second kappa shape index (κ2) is 4.54. The van der Waals surface area contributed by atoms with Crippen LogP contribution in [0.5, 0.6) is 0 Å². The number of hydrogen-bond acceptors (Lipinski definition) is 1. The van der Waals surface area contributed by atoms with Crippen LogP contribution in [0.15, 0.2) is 0 Å². The van der Waals surface area contributed by atoms with Crippen molar-refractivity contribution in [3.05, 3.63) is 0 Å². The number of carbonyl (C=O) groups is 1. The quantitative estimate of drug-likeness (QED) is 0.687. The van der Waals surface area contributed by atoms with Crippen LogP contribution >= 0.6 is 0 Å². The number of likely N-dealkylation sites (tertiary alicyclic amines) is 1. The Hall–Kier alpha value is -0.530. The topological polar surface area (TPSA) is 20.3 Å². The molecule has 0 spiro atoms. The van der Waals surface area contributed by atoms with E-state index in [1.54, 1.807) is 0 Å². The first-order valence-electron chi connectivity index (χ1n) is 6.15. The molecular formula is C13H25NO. The Labute approximate surface area is 94.0 Å². The second-order valence-corrected chi connectivity index (χ2v) is 5.93. The van der Waals surface area contributed by atoms with Crippen molar-refractivity contribution in [1.29, 1.82) is 0 Å². The zero-order valence-electron chi connectivity index (χ0n) is 10.8. The van der Waals surface area contributed by atoms with E-state index in [-0.39, 0.29) is 11.3 Å². The molecule has 0 aromatic rings. The zero-order chi connectivity index (χ0) is 11.6. The van der Waals surface area contributed by atoms with Gasteiger partial charge in [0.05, 0.1) is 0 Å². The van der Waals surface area contributed by atoms with Gasteiger partial charge >= 0.3 is 0 Å². The monoisotopic (exact) mass is 211 g/mol. The van der Waals surface area contributed by atoms with Gasteiger partial charge in [-0.25, -0.2) is 0 Å². The standard InChI is InChI=1S/C13H25NO/c1-6-11-7-8-14(9-11)12(15)10(2)13(3,4)5/h10-11H,6-9H2,1-5H3. The molecular weight excluding hydrogens is 186 g/mol. The fraction of sp³-hybridized carbons (Fsp3) is 0.923.